The molecular formula is C21H20ClFN4O3S2. The monoisotopic (exact) mass is 494 g/mol. The molecule has 32 heavy (non-hydrogen) atoms. The number of hydrogen-bond donors (Lipinski definition) is 1. The molecule has 0 spiro atoms. The Morgan fingerprint density at radius 1 is 1.19 bits per heavy atom. The molecule has 1 atom stereocenters. The van der Waals surface area contributed by atoms with E-state index in [1.165, 1.54) is 35.7 Å². The average Bonchev–Trinajstić information content (AvgIpc) is 3.51. The molecule has 0 bridgehead atoms. The van der Waals surface area contributed by atoms with Crippen molar-refractivity contribution in [2.75, 3.05) is 27.6 Å². The Balaban J connectivity index is 0.00000259. The van der Waals surface area contributed by atoms with E-state index in [1.807, 2.05) is 4.90 Å². The molecule has 1 amide bonds. The van der Waals surface area contributed by atoms with Gasteiger partial charge in [-0.25, -0.2) is 17.8 Å². The van der Waals surface area contributed by atoms with Crippen LogP contribution in [0.25, 0.3) is 0 Å². The summed E-state index contributed by atoms with van der Waals surface area (Å²) in [6, 6.07) is 8.83. The molecule has 1 fully saturated rings. The molecular weight excluding hydrogens is 475 g/mol. The number of carbonyl (C=O) groups excluding carboxylic acids is 1. The van der Waals surface area contributed by atoms with Gasteiger partial charge < -0.3 is 9.80 Å². The first-order valence-electron chi connectivity index (χ1n) is 9.92. The molecule has 0 aliphatic carbocycles. The van der Waals surface area contributed by atoms with Gasteiger partial charge in [0.25, 0.3) is 10.0 Å². The smallest absolute Gasteiger partial charge is 0.263 e. The van der Waals surface area contributed by atoms with Gasteiger partial charge in [-0.15, -0.1) is 11.3 Å². The average molecular weight is 495 g/mol. The summed E-state index contributed by atoms with van der Waals surface area (Å²) in [6.07, 6.45) is 2.72. The van der Waals surface area contributed by atoms with Crippen LogP contribution in [0.2, 0.25) is 5.02 Å². The molecule has 168 valence electrons. The van der Waals surface area contributed by atoms with Gasteiger partial charge in [-0.1, -0.05) is 11.6 Å². The molecule has 1 saturated heterocycles. The quantitative estimate of drug-likeness (QED) is 0.576. The van der Waals surface area contributed by atoms with E-state index in [9.17, 15) is 17.6 Å². The molecule has 0 saturated carbocycles. The Hall–Kier alpha value is -2.69. The number of nitrogens with zero attached hydrogens (tertiary/aromatic N) is 3. The van der Waals surface area contributed by atoms with E-state index < -0.39 is 15.8 Å². The number of sulfonamides is 1. The summed E-state index contributed by atoms with van der Waals surface area (Å²) in [6.45, 7) is 1.11. The first-order chi connectivity index (χ1) is 15.3. The normalized spacial score (nSPS) is 18.3. The number of fused-ring (bicyclic) bond motifs is 1. The van der Waals surface area contributed by atoms with Gasteiger partial charge >= 0.3 is 0 Å². The van der Waals surface area contributed by atoms with Gasteiger partial charge in [-0.3, -0.25) is 9.52 Å². The van der Waals surface area contributed by atoms with E-state index in [0.717, 1.165) is 11.3 Å². The van der Waals surface area contributed by atoms with Crippen LogP contribution < -0.4 is 14.5 Å². The molecule has 3 heterocycles. The fourth-order valence-corrected chi connectivity index (χ4v) is 6.27. The molecule has 3 aromatic rings. The zero-order valence-electron chi connectivity index (χ0n) is 16.7. The van der Waals surface area contributed by atoms with Gasteiger partial charge in [0.2, 0.25) is 5.91 Å². The molecule has 7 nitrogen and oxygen atoms in total. The molecule has 0 unspecified atom stereocenters. The lowest BCUT2D eigenvalue weighted by Gasteiger charge is -2.26. The Morgan fingerprint density at radius 2 is 1.97 bits per heavy atom. The maximum absolute atomic E-state index is 13.8. The van der Waals surface area contributed by atoms with Crippen molar-refractivity contribution in [3.8, 4) is 0 Å². The second kappa shape index (κ2) is 8.02. The summed E-state index contributed by atoms with van der Waals surface area (Å²) in [5, 5.41) is 2.09. The summed E-state index contributed by atoms with van der Waals surface area (Å²) in [5.41, 5.74) is 2.16. The van der Waals surface area contributed by atoms with E-state index in [1.54, 1.807) is 28.5 Å². The third-order valence-electron chi connectivity index (χ3n) is 5.75. The summed E-state index contributed by atoms with van der Waals surface area (Å²) in [7, 11) is -3.76. The Morgan fingerprint density at radius 3 is 2.69 bits per heavy atom. The zero-order valence-corrected chi connectivity index (χ0v) is 19.1. The van der Waals surface area contributed by atoms with Crippen molar-refractivity contribution in [1.29, 1.82) is 0 Å². The highest BCUT2D eigenvalue weighted by Crippen LogP contribution is 2.38. The number of benzene rings is 2. The first-order valence-corrected chi connectivity index (χ1v) is 12.7. The van der Waals surface area contributed by atoms with E-state index in [-0.39, 0.29) is 28.4 Å². The second-order valence-electron chi connectivity index (χ2n) is 7.53. The van der Waals surface area contributed by atoms with Crippen LogP contribution in [-0.4, -0.2) is 38.4 Å². The van der Waals surface area contributed by atoms with Gasteiger partial charge in [0.15, 0.2) is 5.13 Å². The maximum atomic E-state index is 13.8. The highest BCUT2D eigenvalue weighted by Gasteiger charge is 2.39. The Kier molecular flexibility index (Phi) is 5.31. The van der Waals surface area contributed by atoms with Crippen LogP contribution in [0.5, 0.6) is 0 Å². The van der Waals surface area contributed by atoms with Crippen molar-refractivity contribution < 1.29 is 19.0 Å². The third kappa shape index (κ3) is 3.62. The van der Waals surface area contributed by atoms with Gasteiger partial charge in [-0.05, 0) is 54.8 Å². The molecule has 5 rings (SSSR count). The van der Waals surface area contributed by atoms with Crippen LogP contribution in [0.4, 0.5) is 20.9 Å². The van der Waals surface area contributed by atoms with Gasteiger partial charge in [-0.2, -0.15) is 0 Å². The molecule has 1 N–H and O–H groups in total. The Labute approximate surface area is 195 Å². The fraction of sp³-hybridized carbons (Fsp3) is 0.238. The van der Waals surface area contributed by atoms with Crippen molar-refractivity contribution in [3.63, 3.8) is 0 Å². The van der Waals surface area contributed by atoms with Crippen LogP contribution in [0.3, 0.4) is 0 Å². The molecule has 1 aromatic heterocycles. The predicted molar refractivity (Wildman–Crippen MR) is 125 cm³/mol. The van der Waals surface area contributed by atoms with Crippen molar-refractivity contribution in [2.45, 2.75) is 23.8 Å². The summed E-state index contributed by atoms with van der Waals surface area (Å²) in [5.74, 6) is -0.527. The van der Waals surface area contributed by atoms with E-state index in [4.69, 9.17) is 11.6 Å². The van der Waals surface area contributed by atoms with Crippen molar-refractivity contribution in [1.82, 2.24) is 4.98 Å². The number of halogens is 2. The number of thiazole rings is 1. The van der Waals surface area contributed by atoms with E-state index in [2.05, 4.69) is 9.71 Å². The van der Waals surface area contributed by atoms with E-state index >= 15 is 0 Å². The maximum Gasteiger partial charge on any atom is 0.263 e. The van der Waals surface area contributed by atoms with Crippen LogP contribution in [0, 0.1) is 5.82 Å². The molecule has 2 aliphatic rings. The highest BCUT2D eigenvalue weighted by molar-refractivity contribution is 7.93. The van der Waals surface area contributed by atoms with Crippen LogP contribution >= 0.6 is 22.9 Å². The van der Waals surface area contributed by atoms with Crippen LogP contribution in [-0.2, 0) is 21.2 Å². The number of nitrogens with one attached hydrogen (secondary N) is 1. The molecule has 2 aliphatic heterocycles. The number of rotatable bonds is 5. The Bertz CT molecular complexity index is 1290. The van der Waals surface area contributed by atoms with Crippen molar-refractivity contribution in [3.05, 3.63) is 64.4 Å². The number of amides is 1. The van der Waals surface area contributed by atoms with Crippen LogP contribution in [0.15, 0.2) is 52.9 Å². The molecule has 0 radical (unpaired) electrons. The summed E-state index contributed by atoms with van der Waals surface area (Å²) in [4.78, 5) is 20.8. The predicted octanol–water partition coefficient (Wildman–Crippen LogP) is 4.15. The lowest BCUT2D eigenvalue weighted by atomic mass is 10.1. The number of anilines is 3. The fourth-order valence-electron chi connectivity index (χ4n) is 4.23. The summed E-state index contributed by atoms with van der Waals surface area (Å²) < 4.78 is 41.3. The zero-order chi connectivity index (χ0) is 22.5. The minimum absolute atomic E-state index is 0. The topological polar surface area (TPSA) is 82.6 Å². The molecule has 2 aromatic carbocycles. The van der Waals surface area contributed by atoms with Crippen LogP contribution in [0.1, 0.15) is 13.4 Å². The van der Waals surface area contributed by atoms with Gasteiger partial charge in [0.1, 0.15) is 11.9 Å². The largest absolute Gasteiger partial charge is 0.359 e. The number of hydrogen-bond acceptors (Lipinski definition) is 6. The summed E-state index contributed by atoms with van der Waals surface area (Å²) >= 11 is 7.30. The lowest BCUT2D eigenvalue weighted by Crippen LogP contribution is -2.41. The van der Waals surface area contributed by atoms with Crippen molar-refractivity contribution in [2.24, 2.45) is 0 Å². The first kappa shape index (κ1) is 21.2. The van der Waals surface area contributed by atoms with Gasteiger partial charge in [0.05, 0.1) is 9.92 Å². The second-order valence-corrected chi connectivity index (χ2v) is 10.5. The lowest BCUT2D eigenvalue weighted by molar-refractivity contribution is -0.118. The molecule has 11 heteroatoms. The minimum Gasteiger partial charge on any atom is -0.359 e. The van der Waals surface area contributed by atoms with Crippen molar-refractivity contribution >= 4 is 55.4 Å². The highest BCUT2D eigenvalue weighted by atomic mass is 35.5. The number of aromatic nitrogens is 1. The minimum atomic E-state index is -3.76. The van der Waals surface area contributed by atoms with Gasteiger partial charge in [0, 0.05) is 37.5 Å². The standard InChI is InChI=1S/C21H18ClFN4O3S2.H2/c22-19-15-7-10-27(17(15)6-5-16(19)23)18-8-11-26(20(18)28)13-1-3-14(4-2-13)32(29,30)25-21-24-9-12-31-21;/h1-6,9,12,18H,7-8,10-11H2,(H,24,25);1H/t18-;/m0./s1. The third-order valence-corrected chi connectivity index (χ3v) is 8.33. The SMILES string of the molecule is O=C1[C@@H](N2CCc3c2ccc(F)c3Cl)CCN1c1ccc(S(=O)(=O)Nc2nccs2)cc1.[HH]. The number of carbonyl (C=O) groups is 1. The van der Waals surface area contributed by atoms with E-state index in [0.29, 0.717) is 31.6 Å².